The fourth-order valence-corrected chi connectivity index (χ4v) is 2.98. The van der Waals surface area contributed by atoms with Crippen LogP contribution < -0.4 is 5.32 Å². The number of phenolic OH excluding ortho intramolecular Hbond substituents is 1. The second kappa shape index (κ2) is 5.59. The Morgan fingerprint density at radius 2 is 1.72 bits per heavy atom. The maximum absolute atomic E-state index is 10.4. The van der Waals surface area contributed by atoms with Crippen LogP contribution in [0.2, 0.25) is 0 Å². The summed E-state index contributed by atoms with van der Waals surface area (Å²) in [5.74, 6) is 0.465. The van der Waals surface area contributed by atoms with Crippen molar-refractivity contribution in [2.45, 2.75) is 27.3 Å². The van der Waals surface area contributed by atoms with E-state index in [4.69, 9.17) is 0 Å². The molecular formula is C14H21BrN2O. The van der Waals surface area contributed by atoms with Crippen molar-refractivity contribution in [1.29, 1.82) is 0 Å². The van der Waals surface area contributed by atoms with Gasteiger partial charge in [0, 0.05) is 42.8 Å². The molecule has 18 heavy (non-hydrogen) atoms. The van der Waals surface area contributed by atoms with Crippen LogP contribution in [-0.4, -0.2) is 36.2 Å². The Morgan fingerprint density at radius 1 is 1.11 bits per heavy atom. The van der Waals surface area contributed by atoms with Gasteiger partial charge in [-0.2, -0.15) is 0 Å². The van der Waals surface area contributed by atoms with Gasteiger partial charge in [0.1, 0.15) is 5.75 Å². The van der Waals surface area contributed by atoms with E-state index in [-0.39, 0.29) is 0 Å². The van der Waals surface area contributed by atoms with Gasteiger partial charge < -0.3 is 10.4 Å². The normalized spacial score (nSPS) is 17.1. The third kappa shape index (κ3) is 2.56. The van der Waals surface area contributed by atoms with Crippen LogP contribution in [0, 0.1) is 20.8 Å². The molecule has 0 bridgehead atoms. The zero-order valence-electron chi connectivity index (χ0n) is 11.3. The number of nitrogens with zero attached hydrogens (tertiary/aromatic N) is 1. The van der Waals surface area contributed by atoms with E-state index in [2.05, 4.69) is 33.1 Å². The van der Waals surface area contributed by atoms with Gasteiger partial charge >= 0.3 is 0 Å². The number of aromatic hydroxyl groups is 1. The molecule has 0 aliphatic carbocycles. The topological polar surface area (TPSA) is 35.5 Å². The Balaban J connectivity index is 2.32. The first-order valence-corrected chi connectivity index (χ1v) is 7.21. The number of halogens is 1. The highest BCUT2D eigenvalue weighted by Crippen LogP contribution is 2.35. The maximum Gasteiger partial charge on any atom is 0.123 e. The molecule has 0 amide bonds. The largest absolute Gasteiger partial charge is 0.507 e. The molecule has 1 aliphatic rings. The van der Waals surface area contributed by atoms with E-state index >= 15 is 0 Å². The van der Waals surface area contributed by atoms with E-state index < -0.39 is 0 Å². The molecule has 100 valence electrons. The van der Waals surface area contributed by atoms with Gasteiger partial charge in [0.15, 0.2) is 0 Å². The Kier molecular flexibility index (Phi) is 4.30. The van der Waals surface area contributed by atoms with Crippen molar-refractivity contribution in [2.75, 3.05) is 26.2 Å². The third-order valence-corrected chi connectivity index (χ3v) is 5.10. The van der Waals surface area contributed by atoms with Crippen LogP contribution in [0.5, 0.6) is 5.75 Å². The molecule has 1 fully saturated rings. The molecule has 4 heteroatoms. The van der Waals surface area contributed by atoms with Gasteiger partial charge in [0.2, 0.25) is 0 Å². The van der Waals surface area contributed by atoms with E-state index in [1.165, 1.54) is 0 Å². The maximum atomic E-state index is 10.4. The van der Waals surface area contributed by atoms with Gasteiger partial charge in [-0.25, -0.2) is 0 Å². The van der Waals surface area contributed by atoms with Gasteiger partial charge in [-0.15, -0.1) is 0 Å². The van der Waals surface area contributed by atoms with E-state index in [1.54, 1.807) is 0 Å². The molecule has 2 N–H and O–H groups in total. The fraction of sp³-hybridized carbons (Fsp3) is 0.571. The highest BCUT2D eigenvalue weighted by atomic mass is 79.9. The molecule has 2 rings (SSSR count). The minimum atomic E-state index is 0.465. The van der Waals surface area contributed by atoms with Crippen LogP contribution in [0.1, 0.15) is 22.3 Å². The second-order valence-corrected chi connectivity index (χ2v) is 5.84. The summed E-state index contributed by atoms with van der Waals surface area (Å²) in [6.45, 7) is 11.1. The van der Waals surface area contributed by atoms with E-state index in [0.29, 0.717) is 5.75 Å². The minimum absolute atomic E-state index is 0.465. The molecule has 0 atom stereocenters. The lowest BCUT2D eigenvalue weighted by atomic mass is 9.98. The van der Waals surface area contributed by atoms with Crippen molar-refractivity contribution in [1.82, 2.24) is 10.2 Å². The lowest BCUT2D eigenvalue weighted by molar-refractivity contribution is 0.230. The van der Waals surface area contributed by atoms with Crippen molar-refractivity contribution in [3.63, 3.8) is 0 Å². The molecular weight excluding hydrogens is 292 g/mol. The van der Waals surface area contributed by atoms with Crippen LogP contribution >= 0.6 is 15.9 Å². The van der Waals surface area contributed by atoms with Crippen LogP contribution in [0.15, 0.2) is 4.47 Å². The summed E-state index contributed by atoms with van der Waals surface area (Å²) in [6.07, 6.45) is 0. The predicted octanol–water partition coefficient (Wildman–Crippen LogP) is 2.49. The summed E-state index contributed by atoms with van der Waals surface area (Å²) in [7, 11) is 0. The standard InChI is InChI=1S/C14H21BrN2O/c1-9-10(2)14(18)12(11(3)13(9)15)8-17-6-4-16-5-7-17/h16,18H,4-8H2,1-3H3. The SMILES string of the molecule is Cc1c(C)c(Br)c(C)c(CN2CCNCC2)c1O. The molecule has 0 unspecified atom stereocenters. The summed E-state index contributed by atoms with van der Waals surface area (Å²) in [5.41, 5.74) is 4.34. The van der Waals surface area contributed by atoms with Gasteiger partial charge in [0.25, 0.3) is 0 Å². The molecule has 1 aromatic rings. The van der Waals surface area contributed by atoms with E-state index in [0.717, 1.165) is 59.5 Å². The van der Waals surface area contributed by atoms with Crippen LogP contribution in [-0.2, 0) is 6.54 Å². The van der Waals surface area contributed by atoms with Crippen molar-refractivity contribution < 1.29 is 5.11 Å². The average molecular weight is 313 g/mol. The zero-order chi connectivity index (χ0) is 13.3. The summed E-state index contributed by atoms with van der Waals surface area (Å²) in [4.78, 5) is 2.39. The molecule has 1 aromatic carbocycles. The zero-order valence-corrected chi connectivity index (χ0v) is 12.9. The molecule has 3 nitrogen and oxygen atoms in total. The van der Waals surface area contributed by atoms with Crippen molar-refractivity contribution >= 4 is 15.9 Å². The quantitative estimate of drug-likeness (QED) is 0.880. The number of benzene rings is 1. The monoisotopic (exact) mass is 312 g/mol. The first kappa shape index (κ1) is 13.8. The van der Waals surface area contributed by atoms with Gasteiger partial charge in [0.05, 0.1) is 0 Å². The molecule has 1 aliphatic heterocycles. The van der Waals surface area contributed by atoms with Crippen molar-refractivity contribution in [2.24, 2.45) is 0 Å². The van der Waals surface area contributed by atoms with Crippen LogP contribution in [0.3, 0.4) is 0 Å². The van der Waals surface area contributed by atoms with Crippen LogP contribution in [0.25, 0.3) is 0 Å². The highest BCUT2D eigenvalue weighted by molar-refractivity contribution is 9.10. The Bertz CT molecular complexity index is 425. The Morgan fingerprint density at radius 3 is 2.33 bits per heavy atom. The Hall–Kier alpha value is -0.580. The molecule has 0 aromatic heterocycles. The first-order chi connectivity index (χ1) is 8.52. The lowest BCUT2D eigenvalue weighted by Gasteiger charge is -2.28. The van der Waals surface area contributed by atoms with Crippen LogP contribution in [0.4, 0.5) is 0 Å². The molecule has 0 saturated carbocycles. The summed E-state index contributed by atoms with van der Waals surface area (Å²) in [5, 5.41) is 13.7. The minimum Gasteiger partial charge on any atom is -0.507 e. The number of phenols is 1. The summed E-state index contributed by atoms with van der Waals surface area (Å²) in [6, 6.07) is 0. The van der Waals surface area contributed by atoms with Gasteiger partial charge in [-0.1, -0.05) is 15.9 Å². The van der Waals surface area contributed by atoms with E-state index in [9.17, 15) is 5.11 Å². The molecule has 0 spiro atoms. The van der Waals surface area contributed by atoms with Crippen molar-refractivity contribution in [3.05, 3.63) is 26.7 Å². The molecule has 1 heterocycles. The lowest BCUT2D eigenvalue weighted by Crippen LogP contribution is -2.43. The number of hydrogen-bond donors (Lipinski definition) is 2. The van der Waals surface area contributed by atoms with Crippen molar-refractivity contribution in [3.8, 4) is 5.75 Å². The second-order valence-electron chi connectivity index (χ2n) is 5.04. The Labute approximate surface area is 117 Å². The highest BCUT2D eigenvalue weighted by Gasteiger charge is 2.18. The molecule has 0 radical (unpaired) electrons. The summed E-state index contributed by atoms with van der Waals surface area (Å²) < 4.78 is 1.13. The number of rotatable bonds is 2. The third-order valence-electron chi connectivity index (χ3n) is 3.91. The predicted molar refractivity (Wildman–Crippen MR) is 78.2 cm³/mol. The van der Waals surface area contributed by atoms with Gasteiger partial charge in [-0.05, 0) is 37.5 Å². The van der Waals surface area contributed by atoms with Gasteiger partial charge in [-0.3, -0.25) is 4.90 Å². The summed E-state index contributed by atoms with van der Waals surface area (Å²) >= 11 is 3.64. The first-order valence-electron chi connectivity index (χ1n) is 6.42. The van der Waals surface area contributed by atoms with E-state index in [1.807, 2.05) is 13.8 Å². The number of nitrogens with one attached hydrogen (secondary N) is 1. The number of hydrogen-bond acceptors (Lipinski definition) is 3. The molecule has 1 saturated heterocycles. The smallest absolute Gasteiger partial charge is 0.123 e. The average Bonchev–Trinajstić information content (AvgIpc) is 2.40. The number of piperazine rings is 1. The fourth-order valence-electron chi connectivity index (χ4n) is 2.45.